The van der Waals surface area contributed by atoms with Gasteiger partial charge in [0.2, 0.25) is 5.91 Å². The first kappa shape index (κ1) is 13.3. The van der Waals surface area contributed by atoms with E-state index in [-0.39, 0.29) is 23.8 Å². The van der Waals surface area contributed by atoms with Gasteiger partial charge in [0.05, 0.1) is 7.11 Å². The van der Waals surface area contributed by atoms with E-state index in [4.69, 9.17) is 4.74 Å². The number of nitrogens with one attached hydrogen (secondary N) is 1. The monoisotopic (exact) mass is 254 g/mol. The second-order valence-electron chi connectivity index (χ2n) is 5.09. The van der Waals surface area contributed by atoms with Crippen molar-refractivity contribution in [3.05, 3.63) is 0 Å². The largest absolute Gasteiger partial charge is 0.467 e. The first-order valence-electron chi connectivity index (χ1n) is 6.83. The summed E-state index contributed by atoms with van der Waals surface area (Å²) in [6, 6.07) is -0.355. The Bertz CT molecular complexity index is 313. The highest BCUT2D eigenvalue weighted by Crippen LogP contribution is 2.23. The number of ether oxygens (including phenoxy) is 1. The van der Waals surface area contributed by atoms with Crippen LogP contribution in [0.2, 0.25) is 0 Å². The lowest BCUT2D eigenvalue weighted by Gasteiger charge is -2.37. The standard InChI is InChI=1S/C13H22N2O3/c1-18-13(17)11-4-2-3-9-15(11)12(16)10-5-7-14-8-6-10/h10-11,14H,2-9H2,1H3. The van der Waals surface area contributed by atoms with Crippen molar-refractivity contribution >= 4 is 11.9 Å². The number of piperidine rings is 2. The van der Waals surface area contributed by atoms with Crippen molar-refractivity contribution in [1.29, 1.82) is 0 Å². The fraction of sp³-hybridized carbons (Fsp3) is 0.846. The lowest BCUT2D eigenvalue weighted by molar-refractivity contribution is -0.156. The van der Waals surface area contributed by atoms with Gasteiger partial charge >= 0.3 is 5.97 Å². The summed E-state index contributed by atoms with van der Waals surface area (Å²) < 4.78 is 4.81. The molecule has 2 saturated heterocycles. The molecule has 2 rings (SSSR count). The van der Waals surface area contributed by atoms with Gasteiger partial charge in [0.1, 0.15) is 6.04 Å². The van der Waals surface area contributed by atoms with Crippen molar-refractivity contribution < 1.29 is 14.3 Å². The molecule has 0 spiro atoms. The van der Waals surface area contributed by atoms with Crippen LogP contribution >= 0.6 is 0 Å². The molecular formula is C13H22N2O3. The van der Waals surface area contributed by atoms with Gasteiger partial charge in [-0.2, -0.15) is 0 Å². The molecule has 0 aromatic heterocycles. The van der Waals surface area contributed by atoms with Crippen LogP contribution in [0.3, 0.4) is 0 Å². The maximum atomic E-state index is 12.5. The molecule has 0 aromatic rings. The zero-order chi connectivity index (χ0) is 13.0. The van der Waals surface area contributed by atoms with Gasteiger partial charge in [-0.25, -0.2) is 4.79 Å². The highest BCUT2D eigenvalue weighted by molar-refractivity contribution is 5.86. The molecule has 2 aliphatic heterocycles. The zero-order valence-corrected chi connectivity index (χ0v) is 11.0. The number of carbonyl (C=O) groups excluding carboxylic acids is 2. The minimum atomic E-state index is -0.355. The second kappa shape index (κ2) is 6.18. The van der Waals surface area contributed by atoms with Gasteiger partial charge in [-0.05, 0) is 45.2 Å². The van der Waals surface area contributed by atoms with Crippen molar-refractivity contribution in [3.8, 4) is 0 Å². The summed E-state index contributed by atoms with van der Waals surface area (Å²) in [6.45, 7) is 2.49. The van der Waals surface area contributed by atoms with Crippen LogP contribution in [-0.2, 0) is 14.3 Å². The summed E-state index contributed by atoms with van der Waals surface area (Å²) in [7, 11) is 1.39. The van der Waals surface area contributed by atoms with Crippen LogP contribution in [-0.4, -0.2) is 49.6 Å². The topological polar surface area (TPSA) is 58.6 Å². The fourth-order valence-electron chi connectivity index (χ4n) is 2.88. The number of likely N-dealkylation sites (tertiary alicyclic amines) is 1. The Hall–Kier alpha value is -1.10. The zero-order valence-electron chi connectivity index (χ0n) is 11.0. The summed E-state index contributed by atoms with van der Waals surface area (Å²) in [4.78, 5) is 26.0. The van der Waals surface area contributed by atoms with Crippen LogP contribution in [0.15, 0.2) is 0 Å². The maximum absolute atomic E-state index is 12.5. The van der Waals surface area contributed by atoms with Crippen LogP contribution < -0.4 is 5.32 Å². The third-order valence-electron chi connectivity index (χ3n) is 3.95. The average Bonchev–Trinajstić information content (AvgIpc) is 2.46. The fourth-order valence-corrected chi connectivity index (χ4v) is 2.88. The highest BCUT2D eigenvalue weighted by Gasteiger charge is 2.36. The molecule has 1 N–H and O–H groups in total. The van der Waals surface area contributed by atoms with E-state index in [0.717, 1.165) is 45.2 Å². The molecule has 5 heteroatoms. The van der Waals surface area contributed by atoms with E-state index in [1.807, 2.05) is 0 Å². The summed E-state index contributed by atoms with van der Waals surface area (Å²) in [6.07, 6.45) is 4.48. The SMILES string of the molecule is COC(=O)C1CCCCN1C(=O)C1CCNCC1. The van der Waals surface area contributed by atoms with E-state index in [2.05, 4.69) is 5.32 Å². The van der Waals surface area contributed by atoms with Crippen LogP contribution in [0.4, 0.5) is 0 Å². The molecule has 1 atom stereocenters. The van der Waals surface area contributed by atoms with E-state index in [0.29, 0.717) is 6.54 Å². The van der Waals surface area contributed by atoms with E-state index in [9.17, 15) is 9.59 Å². The van der Waals surface area contributed by atoms with E-state index in [1.165, 1.54) is 7.11 Å². The molecule has 0 aromatic carbocycles. The van der Waals surface area contributed by atoms with Crippen molar-refractivity contribution in [2.24, 2.45) is 5.92 Å². The number of amides is 1. The highest BCUT2D eigenvalue weighted by atomic mass is 16.5. The molecule has 2 heterocycles. The number of hydrogen-bond donors (Lipinski definition) is 1. The Kier molecular flexibility index (Phi) is 4.58. The van der Waals surface area contributed by atoms with Gasteiger partial charge in [0.25, 0.3) is 0 Å². The first-order chi connectivity index (χ1) is 8.74. The Morgan fingerprint density at radius 2 is 1.89 bits per heavy atom. The quantitative estimate of drug-likeness (QED) is 0.731. The Labute approximate surface area is 108 Å². The van der Waals surface area contributed by atoms with E-state index >= 15 is 0 Å². The second-order valence-corrected chi connectivity index (χ2v) is 5.09. The van der Waals surface area contributed by atoms with Crippen molar-refractivity contribution in [1.82, 2.24) is 10.2 Å². The van der Waals surface area contributed by atoms with Crippen molar-refractivity contribution in [2.45, 2.75) is 38.1 Å². The molecule has 18 heavy (non-hydrogen) atoms. The summed E-state index contributed by atoms with van der Waals surface area (Å²) in [5, 5.41) is 3.26. The minimum absolute atomic E-state index is 0.0801. The summed E-state index contributed by atoms with van der Waals surface area (Å²) in [5.74, 6) is -0.0416. The Morgan fingerprint density at radius 3 is 2.56 bits per heavy atom. The molecule has 0 saturated carbocycles. The molecule has 0 aliphatic carbocycles. The predicted octanol–water partition coefficient (Wildman–Crippen LogP) is 0.540. The molecule has 2 fully saturated rings. The van der Waals surface area contributed by atoms with Crippen LogP contribution in [0, 0.1) is 5.92 Å². The molecule has 0 bridgehead atoms. The molecule has 5 nitrogen and oxygen atoms in total. The van der Waals surface area contributed by atoms with Gasteiger partial charge < -0.3 is 15.0 Å². The molecule has 2 aliphatic rings. The van der Waals surface area contributed by atoms with Crippen LogP contribution in [0.25, 0.3) is 0 Å². The van der Waals surface area contributed by atoms with Gasteiger partial charge in [-0.3, -0.25) is 4.79 Å². The van der Waals surface area contributed by atoms with Gasteiger partial charge in [-0.15, -0.1) is 0 Å². The normalized spacial score (nSPS) is 25.8. The minimum Gasteiger partial charge on any atom is -0.467 e. The Balaban J connectivity index is 2.03. The van der Waals surface area contributed by atoms with Gasteiger partial charge in [0.15, 0.2) is 0 Å². The number of hydrogen-bond acceptors (Lipinski definition) is 4. The molecule has 1 unspecified atom stereocenters. The third-order valence-corrected chi connectivity index (χ3v) is 3.95. The maximum Gasteiger partial charge on any atom is 0.328 e. The lowest BCUT2D eigenvalue weighted by atomic mass is 9.93. The molecule has 0 radical (unpaired) electrons. The van der Waals surface area contributed by atoms with Crippen LogP contribution in [0.5, 0.6) is 0 Å². The average molecular weight is 254 g/mol. The van der Waals surface area contributed by atoms with Crippen molar-refractivity contribution in [2.75, 3.05) is 26.7 Å². The molecule has 102 valence electrons. The number of methoxy groups -OCH3 is 1. The van der Waals surface area contributed by atoms with E-state index in [1.54, 1.807) is 4.90 Å². The van der Waals surface area contributed by atoms with Crippen LogP contribution in [0.1, 0.15) is 32.1 Å². The molecule has 1 amide bonds. The summed E-state index contributed by atoms with van der Waals surface area (Å²) >= 11 is 0. The number of nitrogens with zero attached hydrogens (tertiary/aromatic N) is 1. The number of esters is 1. The number of rotatable bonds is 2. The van der Waals surface area contributed by atoms with Gasteiger partial charge in [0, 0.05) is 12.5 Å². The Morgan fingerprint density at radius 1 is 1.17 bits per heavy atom. The third kappa shape index (κ3) is 2.83. The lowest BCUT2D eigenvalue weighted by Crippen LogP contribution is -2.51. The molecular weight excluding hydrogens is 232 g/mol. The smallest absolute Gasteiger partial charge is 0.328 e. The van der Waals surface area contributed by atoms with Gasteiger partial charge in [-0.1, -0.05) is 0 Å². The summed E-state index contributed by atoms with van der Waals surface area (Å²) in [5.41, 5.74) is 0. The van der Waals surface area contributed by atoms with E-state index < -0.39 is 0 Å². The first-order valence-corrected chi connectivity index (χ1v) is 6.83. The predicted molar refractivity (Wildman–Crippen MR) is 67.0 cm³/mol. The van der Waals surface area contributed by atoms with Crippen molar-refractivity contribution in [3.63, 3.8) is 0 Å². The number of carbonyl (C=O) groups is 2.